The topological polar surface area (TPSA) is 75.9 Å². The molecule has 0 spiro atoms. The van der Waals surface area contributed by atoms with E-state index in [4.69, 9.17) is 9.97 Å². The number of fused-ring (bicyclic) bond motifs is 1. The van der Waals surface area contributed by atoms with E-state index in [0.717, 1.165) is 34.4 Å². The van der Waals surface area contributed by atoms with Gasteiger partial charge in [-0.1, -0.05) is 60.7 Å². The van der Waals surface area contributed by atoms with Gasteiger partial charge in [0.1, 0.15) is 12.1 Å². The van der Waals surface area contributed by atoms with E-state index >= 15 is 0 Å². The van der Waals surface area contributed by atoms with Gasteiger partial charge in [0, 0.05) is 17.8 Å². The van der Waals surface area contributed by atoms with Gasteiger partial charge < -0.3 is 10.4 Å². The molecule has 0 aliphatic rings. The maximum Gasteiger partial charge on any atom is 0.170 e. The van der Waals surface area contributed by atoms with Crippen LogP contribution in [0, 0.1) is 0 Å². The van der Waals surface area contributed by atoms with E-state index in [1.165, 1.54) is 0 Å². The van der Waals surface area contributed by atoms with Gasteiger partial charge in [-0.05, 0) is 36.2 Å². The molecule has 5 rings (SSSR count). The van der Waals surface area contributed by atoms with Crippen LogP contribution >= 0.6 is 0 Å². The summed E-state index contributed by atoms with van der Waals surface area (Å²) in [5.41, 5.74) is 4.57. The van der Waals surface area contributed by atoms with Crippen LogP contribution in [-0.4, -0.2) is 31.2 Å². The van der Waals surface area contributed by atoms with Crippen LogP contribution < -0.4 is 5.32 Å². The normalized spacial score (nSPS) is 11.0. The van der Waals surface area contributed by atoms with Crippen molar-refractivity contribution in [1.29, 1.82) is 0 Å². The monoisotopic (exact) mass is 407 g/mol. The van der Waals surface area contributed by atoms with Crippen molar-refractivity contribution in [2.45, 2.75) is 6.42 Å². The molecule has 0 saturated carbocycles. The molecule has 2 N–H and O–H groups in total. The Kier molecular flexibility index (Phi) is 5.02. The summed E-state index contributed by atoms with van der Waals surface area (Å²) in [4.78, 5) is 14.2. The predicted octanol–water partition coefficient (Wildman–Crippen LogP) is 4.84. The lowest BCUT2D eigenvalue weighted by molar-refractivity contribution is 0.475. The van der Waals surface area contributed by atoms with Crippen molar-refractivity contribution in [2.75, 3.05) is 11.9 Å². The number of imidazole rings is 1. The number of nitrogens with one attached hydrogen (secondary N) is 1. The molecule has 0 fully saturated rings. The lowest BCUT2D eigenvalue weighted by Crippen LogP contribution is -2.08. The lowest BCUT2D eigenvalue weighted by atomic mass is 10.1. The first-order chi connectivity index (χ1) is 15.3. The van der Waals surface area contributed by atoms with E-state index < -0.39 is 0 Å². The molecule has 2 aromatic heterocycles. The summed E-state index contributed by atoms with van der Waals surface area (Å²) in [5.74, 6) is 1.63. The zero-order chi connectivity index (χ0) is 21.0. The van der Waals surface area contributed by atoms with Gasteiger partial charge in [-0.25, -0.2) is 15.0 Å². The third kappa shape index (κ3) is 3.96. The quantitative estimate of drug-likeness (QED) is 0.421. The first-order valence-electron chi connectivity index (χ1n) is 10.2. The van der Waals surface area contributed by atoms with Crippen LogP contribution in [0.2, 0.25) is 0 Å². The van der Waals surface area contributed by atoms with Gasteiger partial charge in [0.05, 0.1) is 0 Å². The Labute approximate surface area is 179 Å². The summed E-state index contributed by atoms with van der Waals surface area (Å²) in [7, 11) is 0. The number of anilines is 1. The highest BCUT2D eigenvalue weighted by atomic mass is 16.3. The molecule has 5 aromatic rings. The first-order valence-corrected chi connectivity index (χ1v) is 10.2. The summed E-state index contributed by atoms with van der Waals surface area (Å²) in [5, 5.41) is 12.9. The van der Waals surface area contributed by atoms with Crippen LogP contribution in [0.25, 0.3) is 28.2 Å². The predicted molar refractivity (Wildman–Crippen MR) is 122 cm³/mol. The van der Waals surface area contributed by atoms with E-state index in [1.807, 2.05) is 77.4 Å². The van der Waals surface area contributed by atoms with Gasteiger partial charge in [0.2, 0.25) is 0 Å². The van der Waals surface area contributed by atoms with Crippen LogP contribution in [0.1, 0.15) is 5.56 Å². The van der Waals surface area contributed by atoms with E-state index in [2.05, 4.69) is 10.3 Å². The Morgan fingerprint density at radius 2 is 1.52 bits per heavy atom. The molecule has 2 heterocycles. The third-order valence-electron chi connectivity index (χ3n) is 5.10. The molecule has 6 heteroatoms. The molecular weight excluding hydrogens is 386 g/mol. The highest BCUT2D eigenvalue weighted by Gasteiger charge is 2.15. The molecule has 152 valence electrons. The van der Waals surface area contributed by atoms with E-state index in [-0.39, 0.29) is 5.75 Å². The fourth-order valence-electron chi connectivity index (χ4n) is 3.50. The minimum absolute atomic E-state index is 0.271. The lowest BCUT2D eigenvalue weighted by Gasteiger charge is -2.10. The fraction of sp³-hybridized carbons (Fsp3) is 0.0800. The summed E-state index contributed by atoms with van der Waals surface area (Å²) < 4.78 is 1.98. The number of hydrogen-bond donors (Lipinski definition) is 2. The molecule has 0 amide bonds. The van der Waals surface area contributed by atoms with Crippen LogP contribution in [0.15, 0.2) is 91.3 Å². The van der Waals surface area contributed by atoms with Crippen molar-refractivity contribution in [3.05, 3.63) is 96.8 Å². The second-order valence-corrected chi connectivity index (χ2v) is 7.23. The first kappa shape index (κ1) is 18.8. The Morgan fingerprint density at radius 3 is 2.26 bits per heavy atom. The zero-order valence-electron chi connectivity index (χ0n) is 16.8. The number of aromatic nitrogens is 4. The van der Waals surface area contributed by atoms with Crippen molar-refractivity contribution in [3.63, 3.8) is 0 Å². The molecule has 31 heavy (non-hydrogen) atoms. The van der Waals surface area contributed by atoms with Crippen LogP contribution in [0.5, 0.6) is 5.75 Å². The van der Waals surface area contributed by atoms with Crippen molar-refractivity contribution >= 4 is 17.0 Å². The average molecular weight is 407 g/mol. The maximum absolute atomic E-state index is 9.47. The van der Waals surface area contributed by atoms with Crippen LogP contribution in [0.4, 0.5) is 5.82 Å². The molecule has 0 aliphatic heterocycles. The molecule has 0 bridgehead atoms. The zero-order valence-corrected chi connectivity index (χ0v) is 16.8. The van der Waals surface area contributed by atoms with Crippen molar-refractivity contribution in [3.8, 4) is 22.8 Å². The highest BCUT2D eigenvalue weighted by Crippen LogP contribution is 2.26. The molecule has 0 atom stereocenters. The molecule has 0 unspecified atom stereocenters. The average Bonchev–Trinajstić information content (AvgIpc) is 3.26. The van der Waals surface area contributed by atoms with Gasteiger partial charge in [-0.2, -0.15) is 0 Å². The standard InChI is InChI=1S/C25H21N5O/c31-21-13-11-18(12-14-21)15-16-26-24-22-25(29-23(28-24)19-7-3-1-4-8-19)30(17-27-22)20-9-5-2-6-10-20/h1-14,17,31H,15-16H2,(H,26,28,29). The van der Waals surface area contributed by atoms with Gasteiger partial charge in [0.15, 0.2) is 22.8 Å². The van der Waals surface area contributed by atoms with Crippen LogP contribution in [0.3, 0.4) is 0 Å². The Morgan fingerprint density at radius 1 is 0.806 bits per heavy atom. The fourth-order valence-corrected chi connectivity index (χ4v) is 3.50. The van der Waals surface area contributed by atoms with E-state index in [9.17, 15) is 5.11 Å². The third-order valence-corrected chi connectivity index (χ3v) is 5.10. The maximum atomic E-state index is 9.47. The smallest absolute Gasteiger partial charge is 0.170 e. The Balaban J connectivity index is 1.52. The number of phenols is 1. The summed E-state index contributed by atoms with van der Waals surface area (Å²) in [6.07, 6.45) is 2.58. The number of benzene rings is 3. The molecule has 3 aromatic carbocycles. The van der Waals surface area contributed by atoms with Gasteiger partial charge >= 0.3 is 0 Å². The van der Waals surface area contributed by atoms with Gasteiger partial charge in [-0.15, -0.1) is 0 Å². The summed E-state index contributed by atoms with van der Waals surface area (Å²) in [6.45, 7) is 0.684. The SMILES string of the molecule is Oc1ccc(CCNc2nc(-c3ccccc3)nc3c2ncn3-c2ccccc2)cc1. The van der Waals surface area contributed by atoms with Crippen LogP contribution in [-0.2, 0) is 6.42 Å². The number of phenolic OH excluding ortho intramolecular Hbond substituents is 1. The van der Waals surface area contributed by atoms with Crippen molar-refractivity contribution < 1.29 is 5.11 Å². The van der Waals surface area contributed by atoms with Gasteiger partial charge in [0.25, 0.3) is 0 Å². The number of aromatic hydroxyl groups is 1. The number of hydrogen-bond acceptors (Lipinski definition) is 5. The largest absolute Gasteiger partial charge is 0.508 e. The summed E-state index contributed by atoms with van der Waals surface area (Å²) in [6, 6.07) is 27.2. The summed E-state index contributed by atoms with van der Waals surface area (Å²) >= 11 is 0. The highest BCUT2D eigenvalue weighted by molar-refractivity contribution is 5.86. The minimum Gasteiger partial charge on any atom is -0.508 e. The molecule has 0 saturated heterocycles. The molecular formula is C25H21N5O. The van der Waals surface area contributed by atoms with Gasteiger partial charge in [-0.3, -0.25) is 4.57 Å². The Hall–Kier alpha value is -4.19. The second-order valence-electron chi connectivity index (χ2n) is 7.23. The molecule has 6 nitrogen and oxygen atoms in total. The number of para-hydroxylation sites is 1. The van der Waals surface area contributed by atoms with Crippen molar-refractivity contribution in [1.82, 2.24) is 19.5 Å². The van der Waals surface area contributed by atoms with E-state index in [0.29, 0.717) is 18.2 Å². The number of nitrogens with zero attached hydrogens (tertiary/aromatic N) is 4. The molecule has 0 radical (unpaired) electrons. The number of rotatable bonds is 6. The van der Waals surface area contributed by atoms with E-state index in [1.54, 1.807) is 18.5 Å². The molecule has 0 aliphatic carbocycles. The minimum atomic E-state index is 0.271. The second kappa shape index (κ2) is 8.28. The Bertz CT molecular complexity index is 1300. The van der Waals surface area contributed by atoms with Crippen molar-refractivity contribution in [2.24, 2.45) is 0 Å².